The normalized spacial score (nSPS) is 10.2. The quantitative estimate of drug-likeness (QED) is 0.890. The minimum atomic E-state index is -0.0235. The van der Waals surface area contributed by atoms with Gasteiger partial charge in [0.2, 0.25) is 0 Å². The SMILES string of the molecule is CCN(Cc1ccccc1)C(=O)NCc1ccccc1C. The third-order valence-corrected chi connectivity index (χ3v) is 3.58. The summed E-state index contributed by atoms with van der Waals surface area (Å²) in [4.78, 5) is 14.1. The van der Waals surface area contributed by atoms with Crippen LogP contribution in [0.5, 0.6) is 0 Å². The minimum Gasteiger partial charge on any atom is -0.334 e. The Morgan fingerprint density at radius 2 is 1.71 bits per heavy atom. The average Bonchev–Trinajstić information content (AvgIpc) is 2.52. The summed E-state index contributed by atoms with van der Waals surface area (Å²) in [6.45, 7) is 5.95. The van der Waals surface area contributed by atoms with Crippen molar-refractivity contribution in [3.8, 4) is 0 Å². The van der Waals surface area contributed by atoms with Crippen LogP contribution in [0.2, 0.25) is 0 Å². The summed E-state index contributed by atoms with van der Waals surface area (Å²) in [5.41, 5.74) is 3.50. The van der Waals surface area contributed by atoms with E-state index in [1.54, 1.807) is 0 Å². The topological polar surface area (TPSA) is 32.3 Å². The van der Waals surface area contributed by atoms with E-state index < -0.39 is 0 Å². The lowest BCUT2D eigenvalue weighted by Crippen LogP contribution is -2.39. The molecule has 0 aliphatic rings. The van der Waals surface area contributed by atoms with E-state index in [9.17, 15) is 4.79 Å². The van der Waals surface area contributed by atoms with E-state index in [4.69, 9.17) is 0 Å². The van der Waals surface area contributed by atoms with Gasteiger partial charge in [-0.1, -0.05) is 54.6 Å². The second-order valence-electron chi connectivity index (χ2n) is 5.08. The molecular weight excluding hydrogens is 260 g/mol. The van der Waals surface area contributed by atoms with E-state index >= 15 is 0 Å². The first-order valence-electron chi connectivity index (χ1n) is 7.32. The second-order valence-corrected chi connectivity index (χ2v) is 5.08. The molecule has 0 radical (unpaired) electrons. The second kappa shape index (κ2) is 7.48. The van der Waals surface area contributed by atoms with Crippen LogP contribution in [0, 0.1) is 6.92 Å². The lowest BCUT2D eigenvalue weighted by molar-refractivity contribution is 0.197. The van der Waals surface area contributed by atoms with Gasteiger partial charge in [0.1, 0.15) is 0 Å². The van der Waals surface area contributed by atoms with Crippen molar-refractivity contribution in [2.24, 2.45) is 0 Å². The predicted octanol–water partition coefficient (Wildman–Crippen LogP) is 3.73. The smallest absolute Gasteiger partial charge is 0.317 e. The summed E-state index contributed by atoms with van der Waals surface area (Å²) in [5.74, 6) is 0. The number of hydrogen-bond donors (Lipinski definition) is 1. The number of hydrogen-bond acceptors (Lipinski definition) is 1. The van der Waals surface area contributed by atoms with Gasteiger partial charge in [0.25, 0.3) is 0 Å². The van der Waals surface area contributed by atoms with E-state index in [1.807, 2.05) is 60.4 Å². The summed E-state index contributed by atoms with van der Waals surface area (Å²) < 4.78 is 0. The first-order chi connectivity index (χ1) is 10.2. The van der Waals surface area contributed by atoms with Crippen molar-refractivity contribution in [1.29, 1.82) is 0 Å². The van der Waals surface area contributed by atoms with Gasteiger partial charge in [-0.3, -0.25) is 0 Å². The van der Waals surface area contributed by atoms with Crippen molar-refractivity contribution in [3.05, 3.63) is 71.3 Å². The van der Waals surface area contributed by atoms with Gasteiger partial charge in [-0.25, -0.2) is 4.79 Å². The van der Waals surface area contributed by atoms with E-state index in [1.165, 1.54) is 5.56 Å². The number of nitrogens with one attached hydrogen (secondary N) is 1. The summed E-state index contributed by atoms with van der Waals surface area (Å²) in [5, 5.41) is 3.00. The molecule has 0 fully saturated rings. The monoisotopic (exact) mass is 282 g/mol. The summed E-state index contributed by atoms with van der Waals surface area (Å²) in [6.07, 6.45) is 0. The highest BCUT2D eigenvalue weighted by atomic mass is 16.2. The molecule has 0 aliphatic carbocycles. The maximum atomic E-state index is 12.3. The van der Waals surface area contributed by atoms with Gasteiger partial charge in [-0.05, 0) is 30.5 Å². The molecule has 21 heavy (non-hydrogen) atoms. The van der Waals surface area contributed by atoms with Gasteiger partial charge >= 0.3 is 6.03 Å². The molecule has 0 heterocycles. The van der Waals surface area contributed by atoms with Crippen LogP contribution in [0.4, 0.5) is 4.79 Å². The largest absolute Gasteiger partial charge is 0.334 e. The third kappa shape index (κ3) is 4.35. The molecule has 2 rings (SSSR count). The molecule has 110 valence electrons. The molecule has 0 spiro atoms. The number of carbonyl (C=O) groups excluding carboxylic acids is 1. The molecule has 0 aliphatic heterocycles. The van der Waals surface area contributed by atoms with Crippen LogP contribution in [0.1, 0.15) is 23.6 Å². The fourth-order valence-corrected chi connectivity index (χ4v) is 2.22. The molecule has 0 unspecified atom stereocenters. The van der Waals surface area contributed by atoms with E-state index in [0.29, 0.717) is 19.6 Å². The highest BCUT2D eigenvalue weighted by molar-refractivity contribution is 5.74. The Balaban J connectivity index is 1.93. The average molecular weight is 282 g/mol. The van der Waals surface area contributed by atoms with Gasteiger partial charge in [-0.2, -0.15) is 0 Å². The summed E-state index contributed by atoms with van der Waals surface area (Å²) in [6, 6.07) is 18.1. The highest BCUT2D eigenvalue weighted by Crippen LogP contribution is 2.08. The molecule has 0 aromatic heterocycles. The van der Waals surface area contributed by atoms with Crippen LogP contribution in [0.15, 0.2) is 54.6 Å². The number of carbonyl (C=O) groups is 1. The molecule has 3 nitrogen and oxygen atoms in total. The molecule has 1 N–H and O–H groups in total. The highest BCUT2D eigenvalue weighted by Gasteiger charge is 2.11. The molecule has 0 saturated heterocycles. The van der Waals surface area contributed by atoms with Crippen LogP contribution in [-0.2, 0) is 13.1 Å². The third-order valence-electron chi connectivity index (χ3n) is 3.58. The molecule has 0 saturated carbocycles. The van der Waals surface area contributed by atoms with Crippen LogP contribution in [-0.4, -0.2) is 17.5 Å². The van der Waals surface area contributed by atoms with E-state index in [0.717, 1.165) is 11.1 Å². The fourth-order valence-electron chi connectivity index (χ4n) is 2.22. The molecular formula is C18H22N2O. The lowest BCUT2D eigenvalue weighted by atomic mass is 10.1. The minimum absolute atomic E-state index is 0.0235. The van der Waals surface area contributed by atoms with E-state index in [2.05, 4.69) is 18.3 Å². The first kappa shape index (κ1) is 15.1. The number of urea groups is 1. The van der Waals surface area contributed by atoms with Crippen LogP contribution in [0.3, 0.4) is 0 Å². The predicted molar refractivity (Wildman–Crippen MR) is 85.9 cm³/mol. The summed E-state index contributed by atoms with van der Waals surface area (Å²) >= 11 is 0. The Morgan fingerprint density at radius 3 is 2.38 bits per heavy atom. The van der Waals surface area contributed by atoms with E-state index in [-0.39, 0.29) is 6.03 Å². The van der Waals surface area contributed by atoms with Crippen molar-refractivity contribution < 1.29 is 4.79 Å². The number of aryl methyl sites for hydroxylation is 1. The zero-order valence-electron chi connectivity index (χ0n) is 12.7. The van der Waals surface area contributed by atoms with Gasteiger partial charge in [0.05, 0.1) is 0 Å². The van der Waals surface area contributed by atoms with Crippen LogP contribution < -0.4 is 5.32 Å². The first-order valence-corrected chi connectivity index (χ1v) is 7.32. The number of amides is 2. The molecule has 0 atom stereocenters. The molecule has 3 heteroatoms. The van der Waals surface area contributed by atoms with Crippen LogP contribution in [0.25, 0.3) is 0 Å². The molecule has 2 aromatic carbocycles. The van der Waals surface area contributed by atoms with Gasteiger partial charge in [0.15, 0.2) is 0 Å². The Hall–Kier alpha value is -2.29. The molecule has 0 bridgehead atoms. The number of benzene rings is 2. The molecule has 2 aromatic rings. The fraction of sp³-hybridized carbons (Fsp3) is 0.278. The Kier molecular flexibility index (Phi) is 5.38. The summed E-state index contributed by atoms with van der Waals surface area (Å²) in [7, 11) is 0. The van der Waals surface area contributed by atoms with Crippen molar-refractivity contribution in [3.63, 3.8) is 0 Å². The van der Waals surface area contributed by atoms with Crippen molar-refractivity contribution in [2.75, 3.05) is 6.54 Å². The standard InChI is InChI=1S/C18H22N2O/c1-3-20(14-16-10-5-4-6-11-16)18(21)19-13-17-12-8-7-9-15(17)2/h4-12H,3,13-14H2,1-2H3,(H,19,21). The van der Waals surface area contributed by atoms with Gasteiger partial charge < -0.3 is 10.2 Å². The van der Waals surface area contributed by atoms with Crippen LogP contribution >= 0.6 is 0 Å². The number of rotatable bonds is 5. The lowest BCUT2D eigenvalue weighted by Gasteiger charge is -2.21. The van der Waals surface area contributed by atoms with Crippen molar-refractivity contribution in [2.45, 2.75) is 26.9 Å². The zero-order chi connectivity index (χ0) is 15.1. The maximum Gasteiger partial charge on any atom is 0.317 e. The Labute approximate surface area is 126 Å². The molecule has 2 amide bonds. The van der Waals surface area contributed by atoms with Gasteiger partial charge in [-0.15, -0.1) is 0 Å². The Bertz CT molecular complexity index is 581. The maximum absolute atomic E-state index is 12.3. The van der Waals surface area contributed by atoms with Crippen molar-refractivity contribution >= 4 is 6.03 Å². The number of nitrogens with zero attached hydrogens (tertiary/aromatic N) is 1. The van der Waals surface area contributed by atoms with Gasteiger partial charge in [0, 0.05) is 19.6 Å². The van der Waals surface area contributed by atoms with Crippen molar-refractivity contribution in [1.82, 2.24) is 10.2 Å². The Morgan fingerprint density at radius 1 is 1.05 bits per heavy atom. The zero-order valence-corrected chi connectivity index (χ0v) is 12.7.